The van der Waals surface area contributed by atoms with E-state index in [4.69, 9.17) is 28.9 Å². The van der Waals surface area contributed by atoms with E-state index in [1.807, 2.05) is 0 Å². The third-order valence-electron chi connectivity index (χ3n) is 3.39. The van der Waals surface area contributed by atoms with E-state index in [2.05, 4.69) is 24.0 Å². The van der Waals surface area contributed by atoms with Crippen molar-refractivity contribution in [1.29, 1.82) is 0 Å². The molecule has 1 saturated carbocycles. The summed E-state index contributed by atoms with van der Waals surface area (Å²) in [5.74, 6) is 0.804. The topological polar surface area (TPSA) is 51.8 Å². The summed E-state index contributed by atoms with van der Waals surface area (Å²) in [7, 11) is 0. The monoisotopic (exact) mass is 245 g/mol. The molecular formula is C10H13Cl2N3. The quantitative estimate of drug-likeness (QED) is 0.872. The number of nitrogens with two attached hydrogens (primary N) is 1. The fourth-order valence-corrected chi connectivity index (χ4v) is 2.75. The van der Waals surface area contributed by atoms with Gasteiger partial charge in [0.2, 0.25) is 0 Å². The lowest BCUT2D eigenvalue weighted by Gasteiger charge is -2.04. The van der Waals surface area contributed by atoms with Crippen LogP contribution < -0.4 is 5.73 Å². The predicted molar refractivity (Wildman–Crippen MR) is 61.1 cm³/mol. The second-order valence-electron chi connectivity index (χ2n) is 4.55. The van der Waals surface area contributed by atoms with E-state index in [0.29, 0.717) is 28.7 Å². The first-order chi connectivity index (χ1) is 6.98. The third kappa shape index (κ3) is 1.73. The molecule has 1 fully saturated rings. The highest BCUT2D eigenvalue weighted by molar-refractivity contribution is 6.31. The summed E-state index contributed by atoms with van der Waals surface area (Å²) in [6, 6.07) is 1.79. The average Bonchev–Trinajstić information content (AvgIpc) is 2.72. The molecule has 0 bridgehead atoms. The van der Waals surface area contributed by atoms with Gasteiger partial charge in [-0.15, -0.1) is 10.2 Å². The standard InChI is InChI=1S/C10H13Cl2N3/c1-10(2)6(4-13)8(10)5-3-7(11)14-15-9(5)12/h3,6,8H,4,13H2,1-2H3/t6-,8-/m0/s1. The molecule has 2 rings (SSSR count). The molecule has 82 valence electrons. The first-order valence-electron chi connectivity index (χ1n) is 4.87. The number of hydrogen-bond donors (Lipinski definition) is 1. The van der Waals surface area contributed by atoms with Crippen LogP contribution in [0.3, 0.4) is 0 Å². The number of halogens is 2. The zero-order valence-corrected chi connectivity index (χ0v) is 10.2. The first kappa shape index (κ1) is 11.1. The van der Waals surface area contributed by atoms with Crippen molar-refractivity contribution in [2.45, 2.75) is 19.8 Å². The molecule has 0 aliphatic heterocycles. The molecule has 0 spiro atoms. The van der Waals surface area contributed by atoms with Gasteiger partial charge in [-0.2, -0.15) is 0 Å². The van der Waals surface area contributed by atoms with Gasteiger partial charge < -0.3 is 5.73 Å². The lowest BCUT2D eigenvalue weighted by atomic mass is 10.1. The molecule has 0 amide bonds. The van der Waals surface area contributed by atoms with E-state index in [9.17, 15) is 0 Å². The third-order valence-corrected chi connectivity index (χ3v) is 3.86. The zero-order chi connectivity index (χ0) is 11.2. The Morgan fingerprint density at radius 2 is 2.07 bits per heavy atom. The Bertz CT molecular complexity index is 392. The maximum absolute atomic E-state index is 6.01. The Labute approximate surface area is 99.0 Å². The molecule has 2 atom stereocenters. The largest absolute Gasteiger partial charge is 0.330 e. The van der Waals surface area contributed by atoms with Crippen LogP contribution >= 0.6 is 23.2 Å². The van der Waals surface area contributed by atoms with E-state index < -0.39 is 0 Å². The van der Waals surface area contributed by atoms with Crippen LogP contribution in [0.4, 0.5) is 0 Å². The van der Waals surface area contributed by atoms with Crippen molar-refractivity contribution in [3.63, 3.8) is 0 Å². The van der Waals surface area contributed by atoms with Crippen molar-refractivity contribution in [3.8, 4) is 0 Å². The van der Waals surface area contributed by atoms with E-state index >= 15 is 0 Å². The second-order valence-corrected chi connectivity index (χ2v) is 5.30. The van der Waals surface area contributed by atoms with Crippen molar-refractivity contribution in [3.05, 3.63) is 21.9 Å². The van der Waals surface area contributed by atoms with Crippen molar-refractivity contribution in [2.24, 2.45) is 17.1 Å². The van der Waals surface area contributed by atoms with Crippen molar-refractivity contribution >= 4 is 23.2 Å². The molecule has 1 aromatic heterocycles. The SMILES string of the molecule is CC1(C)[C@@H](CN)[C@@H]1c1cc(Cl)nnc1Cl. The molecular weight excluding hydrogens is 233 g/mol. The molecule has 1 heterocycles. The summed E-state index contributed by atoms with van der Waals surface area (Å²) in [5, 5.41) is 8.34. The molecule has 2 N–H and O–H groups in total. The normalized spacial score (nSPS) is 27.8. The Hall–Kier alpha value is -0.380. The second kappa shape index (κ2) is 3.58. The van der Waals surface area contributed by atoms with Crippen LogP contribution in [0.15, 0.2) is 6.07 Å². The number of hydrogen-bond acceptors (Lipinski definition) is 3. The highest BCUT2D eigenvalue weighted by atomic mass is 35.5. The molecule has 0 unspecified atom stereocenters. The number of rotatable bonds is 2. The minimum absolute atomic E-state index is 0.185. The molecule has 15 heavy (non-hydrogen) atoms. The van der Waals surface area contributed by atoms with Crippen molar-refractivity contribution in [1.82, 2.24) is 10.2 Å². The van der Waals surface area contributed by atoms with Gasteiger partial charge >= 0.3 is 0 Å². The summed E-state index contributed by atoms with van der Waals surface area (Å²) in [6.07, 6.45) is 0. The highest BCUT2D eigenvalue weighted by Gasteiger charge is 2.58. The summed E-state index contributed by atoms with van der Waals surface area (Å²) in [6.45, 7) is 5.02. The molecule has 0 saturated heterocycles. The van der Waals surface area contributed by atoms with Crippen LogP contribution in [-0.2, 0) is 0 Å². The molecule has 1 aromatic rings. The summed E-state index contributed by atoms with van der Waals surface area (Å²) in [4.78, 5) is 0. The predicted octanol–water partition coefficient (Wildman–Crippen LogP) is 2.48. The van der Waals surface area contributed by atoms with Gasteiger partial charge in [-0.1, -0.05) is 37.0 Å². The number of nitrogens with zero attached hydrogens (tertiary/aromatic N) is 2. The Balaban J connectivity index is 2.36. The van der Waals surface area contributed by atoms with Gasteiger partial charge in [0.25, 0.3) is 0 Å². The van der Waals surface area contributed by atoms with E-state index in [1.54, 1.807) is 6.07 Å². The lowest BCUT2D eigenvalue weighted by Crippen LogP contribution is -2.05. The maximum Gasteiger partial charge on any atom is 0.155 e. The zero-order valence-electron chi connectivity index (χ0n) is 8.67. The summed E-state index contributed by atoms with van der Waals surface area (Å²) < 4.78 is 0. The maximum atomic E-state index is 6.01. The lowest BCUT2D eigenvalue weighted by molar-refractivity contribution is 0.558. The van der Waals surface area contributed by atoms with E-state index in [0.717, 1.165) is 5.56 Å². The minimum atomic E-state index is 0.185. The average molecular weight is 246 g/mol. The van der Waals surface area contributed by atoms with Gasteiger partial charge in [-0.25, -0.2) is 0 Å². The highest BCUT2D eigenvalue weighted by Crippen LogP contribution is 2.64. The summed E-state index contributed by atoms with van der Waals surface area (Å²) >= 11 is 11.8. The minimum Gasteiger partial charge on any atom is -0.330 e. The molecule has 0 radical (unpaired) electrons. The fraction of sp³-hybridized carbons (Fsp3) is 0.600. The van der Waals surface area contributed by atoms with Crippen molar-refractivity contribution < 1.29 is 0 Å². The van der Waals surface area contributed by atoms with Crippen LogP contribution in [0.5, 0.6) is 0 Å². The van der Waals surface area contributed by atoms with Crippen LogP contribution in [0.2, 0.25) is 10.3 Å². The molecule has 0 aromatic carbocycles. The molecule has 1 aliphatic carbocycles. The van der Waals surface area contributed by atoms with Gasteiger partial charge in [0.1, 0.15) is 0 Å². The van der Waals surface area contributed by atoms with Crippen molar-refractivity contribution in [2.75, 3.05) is 6.54 Å². The first-order valence-corrected chi connectivity index (χ1v) is 5.62. The molecule has 5 heteroatoms. The van der Waals surface area contributed by atoms with Gasteiger partial charge in [0.05, 0.1) is 0 Å². The van der Waals surface area contributed by atoms with Gasteiger partial charge in [-0.05, 0) is 35.4 Å². The van der Waals surface area contributed by atoms with Crippen LogP contribution in [0.25, 0.3) is 0 Å². The summed E-state index contributed by atoms with van der Waals surface area (Å²) in [5.41, 5.74) is 6.87. The fourth-order valence-electron chi connectivity index (χ4n) is 2.39. The van der Waals surface area contributed by atoms with Crippen LogP contribution in [-0.4, -0.2) is 16.7 Å². The molecule has 1 aliphatic rings. The Morgan fingerprint density at radius 3 is 2.60 bits per heavy atom. The number of aromatic nitrogens is 2. The van der Waals surface area contributed by atoms with Gasteiger partial charge in [-0.3, -0.25) is 0 Å². The van der Waals surface area contributed by atoms with Gasteiger partial charge in [0.15, 0.2) is 10.3 Å². The van der Waals surface area contributed by atoms with Crippen LogP contribution in [0, 0.1) is 11.3 Å². The van der Waals surface area contributed by atoms with Gasteiger partial charge in [0, 0.05) is 0 Å². The molecule has 3 nitrogen and oxygen atoms in total. The Morgan fingerprint density at radius 1 is 1.40 bits per heavy atom. The Kier molecular flexibility index (Phi) is 2.65. The van der Waals surface area contributed by atoms with E-state index in [-0.39, 0.29) is 5.41 Å². The van der Waals surface area contributed by atoms with E-state index in [1.165, 1.54) is 0 Å². The van der Waals surface area contributed by atoms with Crippen LogP contribution in [0.1, 0.15) is 25.3 Å². The smallest absolute Gasteiger partial charge is 0.155 e.